The maximum Gasteiger partial charge on any atom is 0.261 e. The van der Waals surface area contributed by atoms with E-state index < -0.39 is 10.0 Å². The van der Waals surface area contributed by atoms with Crippen LogP contribution < -0.4 is 4.72 Å². The van der Waals surface area contributed by atoms with Crippen LogP contribution >= 0.6 is 11.8 Å². The summed E-state index contributed by atoms with van der Waals surface area (Å²) in [5.41, 5.74) is 1.42. The zero-order chi connectivity index (χ0) is 24.6. The number of anilines is 1. The summed E-state index contributed by atoms with van der Waals surface area (Å²) < 4.78 is 29.2. The zero-order valence-corrected chi connectivity index (χ0v) is 20.2. The Kier molecular flexibility index (Phi) is 5.92. The summed E-state index contributed by atoms with van der Waals surface area (Å²) in [6, 6.07) is 24.2. The van der Waals surface area contributed by atoms with Gasteiger partial charge in [-0.2, -0.15) is 0 Å². The van der Waals surface area contributed by atoms with Crippen molar-refractivity contribution in [1.82, 2.24) is 4.98 Å². The first-order chi connectivity index (χ1) is 16.8. The molecule has 35 heavy (non-hydrogen) atoms. The number of benzene rings is 4. The Labute approximate surface area is 206 Å². The van der Waals surface area contributed by atoms with Crippen molar-refractivity contribution in [1.29, 1.82) is 0 Å². The van der Waals surface area contributed by atoms with E-state index in [4.69, 9.17) is 0 Å². The van der Waals surface area contributed by atoms with Crippen LogP contribution in [0.15, 0.2) is 106 Å². The molecule has 2 N–H and O–H groups in total. The molecule has 1 aromatic heterocycles. The number of carbonyl (C=O) groups is 1. The lowest BCUT2D eigenvalue weighted by Gasteiger charge is -2.15. The van der Waals surface area contributed by atoms with Gasteiger partial charge in [0.1, 0.15) is 5.75 Å². The van der Waals surface area contributed by atoms with Gasteiger partial charge in [0.15, 0.2) is 5.78 Å². The first-order valence-corrected chi connectivity index (χ1v) is 13.0. The second-order valence-electron chi connectivity index (χ2n) is 7.94. The normalized spacial score (nSPS) is 11.6. The van der Waals surface area contributed by atoms with Crippen LogP contribution in [0.1, 0.15) is 17.3 Å². The molecule has 0 fully saturated rings. The summed E-state index contributed by atoms with van der Waals surface area (Å²) in [7, 11) is -4.00. The predicted molar refractivity (Wildman–Crippen MR) is 139 cm³/mol. The van der Waals surface area contributed by atoms with Gasteiger partial charge in [0, 0.05) is 32.8 Å². The maximum absolute atomic E-state index is 13.2. The van der Waals surface area contributed by atoms with Gasteiger partial charge in [-0.15, -0.1) is 0 Å². The van der Waals surface area contributed by atoms with Gasteiger partial charge in [0.2, 0.25) is 0 Å². The number of pyridine rings is 1. The molecular weight excluding hydrogens is 480 g/mol. The van der Waals surface area contributed by atoms with E-state index in [1.54, 1.807) is 42.6 Å². The number of nitrogens with one attached hydrogen (secondary N) is 1. The first-order valence-electron chi connectivity index (χ1n) is 10.7. The highest BCUT2D eigenvalue weighted by Crippen LogP contribution is 2.44. The van der Waals surface area contributed by atoms with Crippen LogP contribution in [-0.2, 0) is 10.0 Å². The number of hydrogen-bond acceptors (Lipinski definition) is 6. The Morgan fingerprint density at radius 1 is 0.886 bits per heavy atom. The number of ketones is 1. The smallest absolute Gasteiger partial charge is 0.261 e. The number of phenolic OH excluding ortho intramolecular Hbond substituents is 1. The van der Waals surface area contributed by atoms with Gasteiger partial charge < -0.3 is 5.11 Å². The van der Waals surface area contributed by atoms with E-state index in [-0.39, 0.29) is 16.4 Å². The highest BCUT2D eigenvalue weighted by atomic mass is 32.2. The Balaban J connectivity index is 1.62. The lowest BCUT2D eigenvalue weighted by atomic mass is 10.1. The molecular formula is C27H20N2O4S2. The minimum atomic E-state index is -4.00. The van der Waals surface area contributed by atoms with Gasteiger partial charge in [-0.1, -0.05) is 66.4 Å². The molecule has 0 amide bonds. The largest absolute Gasteiger partial charge is 0.506 e. The number of sulfonamides is 1. The van der Waals surface area contributed by atoms with Crippen LogP contribution in [-0.4, -0.2) is 24.3 Å². The molecule has 0 aliphatic heterocycles. The fourth-order valence-corrected chi connectivity index (χ4v) is 6.01. The van der Waals surface area contributed by atoms with E-state index in [1.807, 2.05) is 30.3 Å². The van der Waals surface area contributed by atoms with Crippen molar-refractivity contribution in [3.63, 3.8) is 0 Å². The molecule has 174 valence electrons. The highest BCUT2D eigenvalue weighted by molar-refractivity contribution is 7.99. The fraction of sp³-hybridized carbons (Fsp3) is 0.0370. The van der Waals surface area contributed by atoms with Crippen molar-refractivity contribution in [3.8, 4) is 5.75 Å². The number of hydrogen-bond donors (Lipinski definition) is 2. The van der Waals surface area contributed by atoms with Crippen LogP contribution in [0.5, 0.6) is 5.75 Å². The molecule has 0 radical (unpaired) electrons. The average Bonchev–Trinajstić information content (AvgIpc) is 2.87. The molecule has 8 heteroatoms. The van der Waals surface area contributed by atoms with Crippen molar-refractivity contribution in [2.24, 2.45) is 0 Å². The van der Waals surface area contributed by atoms with E-state index in [9.17, 15) is 18.3 Å². The molecule has 1 heterocycles. The summed E-state index contributed by atoms with van der Waals surface area (Å²) in [5, 5.41) is 13.1. The lowest BCUT2D eigenvalue weighted by molar-refractivity contribution is 0.101. The Hall–Kier alpha value is -3.88. The monoisotopic (exact) mass is 500 g/mol. The molecule has 0 saturated heterocycles. The number of para-hydroxylation sites is 1. The van der Waals surface area contributed by atoms with Gasteiger partial charge in [-0.3, -0.25) is 14.5 Å². The molecule has 0 saturated carbocycles. The van der Waals surface area contributed by atoms with Gasteiger partial charge in [-0.25, -0.2) is 8.42 Å². The van der Waals surface area contributed by atoms with Gasteiger partial charge in [0.05, 0.1) is 21.0 Å². The van der Waals surface area contributed by atoms with Gasteiger partial charge in [0.25, 0.3) is 10.0 Å². The Morgan fingerprint density at radius 3 is 2.43 bits per heavy atom. The average molecular weight is 501 g/mol. The Morgan fingerprint density at radius 2 is 1.63 bits per heavy atom. The molecule has 0 aliphatic carbocycles. The number of Topliss-reactive ketones (excluding diaryl/α,β-unsaturated/α-hetero) is 1. The predicted octanol–water partition coefficient (Wildman–Crippen LogP) is 6.25. The van der Waals surface area contributed by atoms with Crippen LogP contribution in [0.25, 0.3) is 21.7 Å². The molecule has 5 rings (SSSR count). The number of nitrogens with zero attached hydrogens (tertiary/aromatic N) is 1. The number of aromatic hydroxyl groups is 1. The van der Waals surface area contributed by atoms with E-state index in [1.165, 1.54) is 36.9 Å². The van der Waals surface area contributed by atoms with Gasteiger partial charge >= 0.3 is 0 Å². The van der Waals surface area contributed by atoms with Crippen LogP contribution in [0.3, 0.4) is 0 Å². The topological polar surface area (TPSA) is 96.4 Å². The SMILES string of the molecule is CC(=O)c1cccc(S(=O)(=O)Nc2cc(Sc3cccc4cccnc34)c(O)c3ccccc23)c1. The minimum absolute atomic E-state index is 0.0187. The quantitative estimate of drug-likeness (QED) is 0.211. The lowest BCUT2D eigenvalue weighted by Crippen LogP contribution is -2.14. The van der Waals surface area contributed by atoms with E-state index in [2.05, 4.69) is 9.71 Å². The van der Waals surface area contributed by atoms with Crippen molar-refractivity contribution in [2.75, 3.05) is 4.72 Å². The summed E-state index contributed by atoms with van der Waals surface area (Å²) >= 11 is 1.31. The number of fused-ring (bicyclic) bond motifs is 2. The molecule has 5 aromatic rings. The van der Waals surface area contributed by atoms with Crippen LogP contribution in [0, 0.1) is 0 Å². The zero-order valence-electron chi connectivity index (χ0n) is 18.6. The number of phenols is 1. The minimum Gasteiger partial charge on any atom is -0.506 e. The first kappa shape index (κ1) is 22.9. The summed E-state index contributed by atoms with van der Waals surface area (Å²) in [4.78, 5) is 17.5. The second-order valence-corrected chi connectivity index (χ2v) is 10.7. The van der Waals surface area contributed by atoms with Crippen molar-refractivity contribution < 1.29 is 18.3 Å². The summed E-state index contributed by atoms with van der Waals surface area (Å²) in [6.07, 6.45) is 1.71. The highest BCUT2D eigenvalue weighted by Gasteiger charge is 2.20. The van der Waals surface area contributed by atoms with E-state index >= 15 is 0 Å². The van der Waals surface area contributed by atoms with Crippen molar-refractivity contribution >= 4 is 54.9 Å². The molecule has 0 spiro atoms. The molecule has 4 aromatic carbocycles. The number of rotatable bonds is 6. The van der Waals surface area contributed by atoms with Crippen molar-refractivity contribution in [3.05, 3.63) is 96.7 Å². The molecule has 0 aliphatic rings. The molecule has 6 nitrogen and oxygen atoms in total. The van der Waals surface area contributed by atoms with E-state index in [0.717, 1.165) is 15.8 Å². The Bertz CT molecular complexity index is 1710. The summed E-state index contributed by atoms with van der Waals surface area (Å²) in [5.74, 6) is -0.167. The molecule has 0 unspecified atom stereocenters. The third-order valence-corrected chi connectivity index (χ3v) is 8.04. The third-order valence-electron chi connectivity index (χ3n) is 5.59. The van der Waals surface area contributed by atoms with Crippen LogP contribution in [0.2, 0.25) is 0 Å². The third kappa shape index (κ3) is 4.45. The summed E-state index contributed by atoms with van der Waals surface area (Å²) in [6.45, 7) is 1.39. The number of carbonyl (C=O) groups excluding carboxylic acids is 1. The molecule has 0 bridgehead atoms. The van der Waals surface area contributed by atoms with Crippen molar-refractivity contribution in [2.45, 2.75) is 21.6 Å². The van der Waals surface area contributed by atoms with E-state index in [0.29, 0.717) is 26.9 Å². The second kappa shape index (κ2) is 9.05. The fourth-order valence-electron chi connectivity index (χ4n) is 3.86. The standard InChI is InChI=1S/C27H20N2O4S2/c1-17(30)19-8-4-10-20(15-19)35(32,33)29-23-16-25(27(31)22-12-3-2-11-21(22)23)34-24-13-5-7-18-9-6-14-28-26(18)24/h2-16,29,31H,1H3. The number of aromatic nitrogens is 1. The maximum atomic E-state index is 13.2. The van der Waals surface area contributed by atoms with Crippen LogP contribution in [0.4, 0.5) is 5.69 Å². The molecule has 0 atom stereocenters. The van der Waals surface area contributed by atoms with Gasteiger partial charge in [-0.05, 0) is 37.3 Å².